The number of fused-ring (bicyclic) bond motifs is 1. The van der Waals surface area contributed by atoms with E-state index in [0.29, 0.717) is 0 Å². The predicted molar refractivity (Wildman–Crippen MR) is 112 cm³/mol. The van der Waals surface area contributed by atoms with Crippen molar-refractivity contribution in [2.45, 2.75) is 58.4 Å². The maximum atomic E-state index is 5.34. The number of hydrogen-bond acceptors (Lipinski definition) is 4. The molecule has 2 N–H and O–H groups in total. The second kappa shape index (κ2) is 13.3. The quantitative estimate of drug-likeness (QED) is 0.254. The van der Waals surface area contributed by atoms with Crippen LogP contribution < -0.4 is 10.6 Å². The highest BCUT2D eigenvalue weighted by atomic mass is 127. The van der Waals surface area contributed by atoms with Gasteiger partial charge in [-0.15, -0.1) is 34.2 Å². The van der Waals surface area contributed by atoms with Crippen LogP contribution in [0.4, 0.5) is 0 Å². The fourth-order valence-corrected chi connectivity index (χ4v) is 2.92. The van der Waals surface area contributed by atoms with E-state index in [2.05, 4.69) is 30.4 Å². The summed E-state index contributed by atoms with van der Waals surface area (Å²) in [7, 11) is 1.80. The lowest BCUT2D eigenvalue weighted by molar-refractivity contribution is 0.143. The summed E-state index contributed by atoms with van der Waals surface area (Å²) in [5, 5.41) is 15.4. The van der Waals surface area contributed by atoms with E-state index in [1.165, 1.54) is 19.3 Å². The van der Waals surface area contributed by atoms with E-state index in [4.69, 9.17) is 4.74 Å². The van der Waals surface area contributed by atoms with Crippen molar-refractivity contribution in [3.63, 3.8) is 0 Å². The van der Waals surface area contributed by atoms with Crippen molar-refractivity contribution in [2.24, 2.45) is 4.99 Å². The van der Waals surface area contributed by atoms with Gasteiger partial charge in [-0.25, -0.2) is 0 Å². The summed E-state index contributed by atoms with van der Waals surface area (Å²) in [6, 6.07) is 0. The molecule has 1 aliphatic rings. The smallest absolute Gasteiger partial charge is 0.190 e. The van der Waals surface area contributed by atoms with Crippen molar-refractivity contribution in [2.75, 3.05) is 33.4 Å². The Kier molecular flexibility index (Phi) is 11.8. The van der Waals surface area contributed by atoms with Gasteiger partial charge in [-0.3, -0.25) is 4.99 Å². The highest BCUT2D eigenvalue weighted by Crippen LogP contribution is 2.14. The van der Waals surface area contributed by atoms with Crippen molar-refractivity contribution in [1.82, 2.24) is 25.4 Å². The van der Waals surface area contributed by atoms with E-state index >= 15 is 0 Å². The van der Waals surface area contributed by atoms with Crippen molar-refractivity contribution in [3.05, 3.63) is 11.6 Å². The molecule has 0 amide bonds. The summed E-state index contributed by atoms with van der Waals surface area (Å²) in [6.45, 7) is 6.44. The van der Waals surface area contributed by atoms with Crippen LogP contribution >= 0.6 is 24.0 Å². The molecule has 1 aromatic heterocycles. The molecule has 0 saturated carbocycles. The van der Waals surface area contributed by atoms with Crippen LogP contribution in [0.3, 0.4) is 0 Å². The Hall–Kier alpha value is -0.900. The first-order chi connectivity index (χ1) is 11.8. The van der Waals surface area contributed by atoms with Gasteiger partial charge in [-0.1, -0.05) is 6.42 Å². The molecule has 1 aromatic rings. The first-order valence-electron chi connectivity index (χ1n) is 9.28. The topological polar surface area (TPSA) is 76.4 Å². The minimum atomic E-state index is 0. The van der Waals surface area contributed by atoms with Crippen LogP contribution in [0.2, 0.25) is 0 Å². The molecule has 0 radical (unpaired) electrons. The zero-order valence-electron chi connectivity index (χ0n) is 15.6. The second-order valence-corrected chi connectivity index (χ2v) is 6.07. The normalized spacial score (nSPS) is 14.4. The summed E-state index contributed by atoms with van der Waals surface area (Å²) >= 11 is 0. The molecule has 0 atom stereocenters. The summed E-state index contributed by atoms with van der Waals surface area (Å²) in [6.07, 6.45) is 7.85. The maximum absolute atomic E-state index is 5.34. The van der Waals surface area contributed by atoms with Crippen LogP contribution in [-0.2, 0) is 24.1 Å². The fraction of sp³-hybridized carbons (Fsp3) is 0.824. The third-order valence-corrected chi connectivity index (χ3v) is 4.26. The minimum Gasteiger partial charge on any atom is -0.382 e. The van der Waals surface area contributed by atoms with E-state index in [1.54, 1.807) is 7.05 Å². The van der Waals surface area contributed by atoms with Crippen LogP contribution in [0.25, 0.3) is 0 Å². The number of rotatable bonds is 9. The Balaban J connectivity index is 0.00000312. The lowest BCUT2D eigenvalue weighted by Crippen LogP contribution is -2.39. The number of ether oxygens (including phenoxy) is 1. The predicted octanol–water partition coefficient (Wildman–Crippen LogP) is 2.15. The molecule has 0 aliphatic carbocycles. The first kappa shape index (κ1) is 22.1. The van der Waals surface area contributed by atoms with Gasteiger partial charge in [0.2, 0.25) is 0 Å². The average molecular weight is 464 g/mol. The van der Waals surface area contributed by atoms with E-state index < -0.39 is 0 Å². The zero-order chi connectivity index (χ0) is 17.0. The molecular weight excluding hydrogens is 431 g/mol. The van der Waals surface area contributed by atoms with E-state index in [1.807, 2.05) is 6.92 Å². The standard InChI is InChI=1S/C17H32N6O.HI/c1-3-24-14-8-6-11-19-17(18-2)20-12-10-16-22-21-15-9-5-4-7-13-23(15)16;/h3-14H2,1-2H3,(H2,18,19,20);1H. The molecule has 1 aliphatic heterocycles. The molecule has 0 bridgehead atoms. The molecule has 0 fully saturated rings. The number of halogens is 1. The van der Waals surface area contributed by atoms with Crippen molar-refractivity contribution in [3.8, 4) is 0 Å². The number of nitrogens with zero attached hydrogens (tertiary/aromatic N) is 4. The highest BCUT2D eigenvalue weighted by Gasteiger charge is 2.14. The Morgan fingerprint density at radius 1 is 1.16 bits per heavy atom. The third-order valence-electron chi connectivity index (χ3n) is 4.26. The molecule has 8 heteroatoms. The van der Waals surface area contributed by atoms with Gasteiger partial charge in [0.1, 0.15) is 11.6 Å². The number of hydrogen-bond donors (Lipinski definition) is 2. The van der Waals surface area contributed by atoms with Gasteiger partial charge >= 0.3 is 0 Å². The molecule has 7 nitrogen and oxygen atoms in total. The molecule has 0 spiro atoms. The lowest BCUT2D eigenvalue weighted by atomic mass is 10.2. The second-order valence-electron chi connectivity index (χ2n) is 6.07. The van der Waals surface area contributed by atoms with Crippen molar-refractivity contribution < 1.29 is 4.74 Å². The van der Waals surface area contributed by atoms with Crippen LogP contribution in [-0.4, -0.2) is 54.1 Å². The van der Waals surface area contributed by atoms with E-state index in [0.717, 1.165) is 76.1 Å². The Morgan fingerprint density at radius 2 is 2.00 bits per heavy atom. The summed E-state index contributed by atoms with van der Waals surface area (Å²) < 4.78 is 7.64. The molecule has 0 aromatic carbocycles. The molecule has 25 heavy (non-hydrogen) atoms. The molecule has 0 saturated heterocycles. The summed E-state index contributed by atoms with van der Waals surface area (Å²) in [4.78, 5) is 4.26. The number of aromatic nitrogens is 3. The number of aliphatic imine (C=N–C) groups is 1. The Morgan fingerprint density at radius 3 is 2.80 bits per heavy atom. The lowest BCUT2D eigenvalue weighted by Gasteiger charge is -2.12. The molecule has 2 heterocycles. The van der Waals surface area contributed by atoms with Crippen LogP contribution in [0.1, 0.15) is 50.7 Å². The number of aryl methyl sites for hydroxylation is 1. The van der Waals surface area contributed by atoms with Crippen molar-refractivity contribution in [1.29, 1.82) is 0 Å². The first-order valence-corrected chi connectivity index (χ1v) is 9.28. The van der Waals surface area contributed by atoms with Gasteiger partial charge in [0, 0.05) is 52.7 Å². The Bertz CT molecular complexity index is 505. The van der Waals surface area contributed by atoms with Gasteiger partial charge in [-0.2, -0.15) is 0 Å². The van der Waals surface area contributed by atoms with E-state index in [-0.39, 0.29) is 24.0 Å². The Labute approximate surface area is 168 Å². The van der Waals surface area contributed by atoms with E-state index in [9.17, 15) is 0 Å². The number of guanidine groups is 1. The van der Waals surface area contributed by atoms with Crippen LogP contribution in [0.5, 0.6) is 0 Å². The van der Waals surface area contributed by atoms with Gasteiger partial charge in [0.25, 0.3) is 0 Å². The van der Waals surface area contributed by atoms with Crippen molar-refractivity contribution >= 4 is 29.9 Å². The summed E-state index contributed by atoms with van der Waals surface area (Å²) in [5.74, 6) is 3.09. The fourth-order valence-electron chi connectivity index (χ4n) is 2.92. The van der Waals surface area contributed by atoms with Gasteiger partial charge in [-0.05, 0) is 32.6 Å². The average Bonchev–Trinajstić information content (AvgIpc) is 2.83. The number of unbranched alkanes of at least 4 members (excludes halogenated alkanes) is 1. The molecule has 2 rings (SSSR count). The molecule has 144 valence electrons. The number of nitrogens with one attached hydrogen (secondary N) is 2. The third kappa shape index (κ3) is 7.89. The van der Waals surface area contributed by atoms with Crippen LogP contribution in [0, 0.1) is 0 Å². The molecular formula is C17H33IN6O. The minimum absolute atomic E-state index is 0. The zero-order valence-corrected chi connectivity index (χ0v) is 17.9. The SMILES string of the molecule is CCOCCCCNC(=NC)NCCc1nnc2n1CCCCC2.I. The highest BCUT2D eigenvalue weighted by molar-refractivity contribution is 14.0. The maximum Gasteiger partial charge on any atom is 0.190 e. The van der Waals surface area contributed by atoms with Gasteiger partial charge in [0.15, 0.2) is 5.96 Å². The van der Waals surface area contributed by atoms with Crippen LogP contribution in [0.15, 0.2) is 4.99 Å². The molecule has 0 unspecified atom stereocenters. The monoisotopic (exact) mass is 464 g/mol. The van der Waals surface area contributed by atoms with Gasteiger partial charge in [0.05, 0.1) is 0 Å². The largest absolute Gasteiger partial charge is 0.382 e. The van der Waals surface area contributed by atoms with Gasteiger partial charge < -0.3 is 19.9 Å². The summed E-state index contributed by atoms with van der Waals surface area (Å²) in [5.41, 5.74) is 0.